The molecule has 1 amide bonds. The SMILES string of the molecule is CCCC(C)(N)C(=O)NCCCN1CCC(C(=O)OC)CC1. The van der Waals surface area contributed by atoms with Crippen LogP contribution >= 0.6 is 0 Å². The monoisotopic (exact) mass is 313 g/mol. The molecule has 0 spiro atoms. The summed E-state index contributed by atoms with van der Waals surface area (Å²) < 4.78 is 4.78. The maximum Gasteiger partial charge on any atom is 0.308 e. The lowest BCUT2D eigenvalue weighted by Crippen LogP contribution is -2.51. The Morgan fingerprint density at radius 2 is 2.00 bits per heavy atom. The van der Waals surface area contributed by atoms with Crippen molar-refractivity contribution >= 4 is 11.9 Å². The quantitative estimate of drug-likeness (QED) is 0.514. The van der Waals surface area contributed by atoms with Crippen LogP contribution in [0, 0.1) is 5.92 Å². The van der Waals surface area contributed by atoms with Crippen molar-refractivity contribution in [2.75, 3.05) is 33.3 Å². The minimum absolute atomic E-state index is 0.0490. The Bertz CT molecular complexity index is 364. The highest BCUT2D eigenvalue weighted by atomic mass is 16.5. The summed E-state index contributed by atoms with van der Waals surface area (Å²) in [5.74, 6) is -0.114. The summed E-state index contributed by atoms with van der Waals surface area (Å²) in [4.78, 5) is 25.7. The van der Waals surface area contributed by atoms with Gasteiger partial charge in [-0.1, -0.05) is 13.3 Å². The van der Waals surface area contributed by atoms with Gasteiger partial charge in [-0.15, -0.1) is 0 Å². The van der Waals surface area contributed by atoms with Gasteiger partial charge in [0.15, 0.2) is 0 Å². The highest BCUT2D eigenvalue weighted by Crippen LogP contribution is 2.18. The Labute approximate surface area is 133 Å². The fraction of sp³-hybridized carbons (Fsp3) is 0.875. The van der Waals surface area contributed by atoms with Crippen molar-refractivity contribution in [2.45, 2.75) is 51.5 Å². The number of hydrogen-bond acceptors (Lipinski definition) is 5. The number of likely N-dealkylation sites (tertiary alicyclic amines) is 1. The molecule has 128 valence electrons. The number of esters is 1. The maximum atomic E-state index is 12.0. The van der Waals surface area contributed by atoms with Crippen LogP contribution in [0.5, 0.6) is 0 Å². The van der Waals surface area contributed by atoms with Gasteiger partial charge in [0.25, 0.3) is 0 Å². The van der Waals surface area contributed by atoms with Crippen molar-refractivity contribution in [1.82, 2.24) is 10.2 Å². The first-order chi connectivity index (χ1) is 10.4. The first-order valence-corrected chi connectivity index (χ1v) is 8.28. The van der Waals surface area contributed by atoms with Crippen LogP contribution in [-0.2, 0) is 14.3 Å². The number of nitrogens with zero attached hydrogens (tertiary/aromatic N) is 1. The Hall–Kier alpha value is -1.14. The van der Waals surface area contributed by atoms with E-state index in [1.165, 1.54) is 7.11 Å². The summed E-state index contributed by atoms with van der Waals surface area (Å²) in [6.45, 7) is 7.21. The Kier molecular flexibility index (Phi) is 7.82. The van der Waals surface area contributed by atoms with Gasteiger partial charge in [0, 0.05) is 6.54 Å². The molecule has 0 saturated carbocycles. The zero-order chi connectivity index (χ0) is 16.6. The van der Waals surface area contributed by atoms with Crippen molar-refractivity contribution < 1.29 is 14.3 Å². The molecule has 1 unspecified atom stereocenters. The average Bonchev–Trinajstić information content (AvgIpc) is 2.51. The number of carbonyl (C=O) groups excluding carboxylic acids is 2. The fourth-order valence-corrected chi connectivity index (χ4v) is 2.90. The fourth-order valence-electron chi connectivity index (χ4n) is 2.90. The lowest BCUT2D eigenvalue weighted by molar-refractivity contribution is -0.147. The standard InChI is InChI=1S/C16H31N3O3/c1-4-8-16(2,17)15(21)18-9-5-10-19-11-6-13(7-12-19)14(20)22-3/h13H,4-12,17H2,1-3H3,(H,18,21). The molecule has 0 bridgehead atoms. The highest BCUT2D eigenvalue weighted by molar-refractivity contribution is 5.85. The summed E-state index contributed by atoms with van der Waals surface area (Å²) in [5.41, 5.74) is 5.22. The van der Waals surface area contributed by atoms with Gasteiger partial charge in [-0.2, -0.15) is 0 Å². The first-order valence-electron chi connectivity index (χ1n) is 8.28. The zero-order valence-corrected chi connectivity index (χ0v) is 14.2. The number of rotatable bonds is 8. The lowest BCUT2D eigenvalue weighted by atomic mass is 9.96. The van der Waals surface area contributed by atoms with Gasteiger partial charge in [0.1, 0.15) is 0 Å². The topological polar surface area (TPSA) is 84.7 Å². The van der Waals surface area contributed by atoms with E-state index >= 15 is 0 Å². The third kappa shape index (κ3) is 5.93. The molecule has 1 rings (SSSR count). The second-order valence-electron chi connectivity index (χ2n) is 6.42. The van der Waals surface area contributed by atoms with E-state index in [-0.39, 0.29) is 17.8 Å². The van der Waals surface area contributed by atoms with E-state index in [9.17, 15) is 9.59 Å². The van der Waals surface area contributed by atoms with Crippen molar-refractivity contribution in [1.29, 1.82) is 0 Å². The lowest BCUT2D eigenvalue weighted by Gasteiger charge is -2.30. The highest BCUT2D eigenvalue weighted by Gasteiger charge is 2.27. The number of carbonyl (C=O) groups is 2. The second kappa shape index (κ2) is 9.10. The molecule has 6 nitrogen and oxygen atoms in total. The van der Waals surface area contributed by atoms with E-state index in [0.717, 1.165) is 45.3 Å². The minimum atomic E-state index is -0.770. The van der Waals surface area contributed by atoms with Crippen molar-refractivity contribution in [3.8, 4) is 0 Å². The van der Waals surface area contributed by atoms with Crippen LogP contribution in [0.1, 0.15) is 46.0 Å². The first kappa shape index (κ1) is 18.9. The molecule has 1 atom stereocenters. The summed E-state index contributed by atoms with van der Waals surface area (Å²) >= 11 is 0. The van der Waals surface area contributed by atoms with E-state index in [1.54, 1.807) is 6.92 Å². The van der Waals surface area contributed by atoms with Gasteiger partial charge in [-0.05, 0) is 52.2 Å². The molecular weight excluding hydrogens is 282 g/mol. The number of amides is 1. The number of nitrogens with one attached hydrogen (secondary N) is 1. The predicted octanol–water partition coefficient (Wildman–Crippen LogP) is 0.895. The number of ether oxygens (including phenoxy) is 1. The molecule has 3 N–H and O–H groups in total. The number of methoxy groups -OCH3 is 1. The van der Waals surface area contributed by atoms with Crippen LogP contribution in [0.3, 0.4) is 0 Å². The summed E-state index contributed by atoms with van der Waals surface area (Å²) in [5, 5.41) is 2.92. The molecule has 1 aliphatic rings. The molecule has 0 aromatic heterocycles. The third-order valence-electron chi connectivity index (χ3n) is 4.35. The van der Waals surface area contributed by atoms with Gasteiger partial charge in [0.2, 0.25) is 5.91 Å². The van der Waals surface area contributed by atoms with Crippen molar-refractivity contribution in [3.63, 3.8) is 0 Å². The molecule has 22 heavy (non-hydrogen) atoms. The van der Waals surface area contributed by atoms with Gasteiger partial charge in [-0.25, -0.2) is 0 Å². The number of hydrogen-bond donors (Lipinski definition) is 2. The van der Waals surface area contributed by atoms with E-state index in [0.29, 0.717) is 13.0 Å². The van der Waals surface area contributed by atoms with E-state index in [4.69, 9.17) is 10.5 Å². The molecule has 6 heteroatoms. The van der Waals surface area contributed by atoms with E-state index in [2.05, 4.69) is 10.2 Å². The summed E-state index contributed by atoms with van der Waals surface area (Å²) in [7, 11) is 1.45. The minimum Gasteiger partial charge on any atom is -0.469 e. The predicted molar refractivity (Wildman–Crippen MR) is 86.3 cm³/mol. The van der Waals surface area contributed by atoms with Crippen molar-refractivity contribution in [3.05, 3.63) is 0 Å². The summed E-state index contributed by atoms with van der Waals surface area (Å²) in [6, 6.07) is 0. The van der Waals surface area contributed by atoms with Crippen LogP contribution < -0.4 is 11.1 Å². The van der Waals surface area contributed by atoms with Crippen molar-refractivity contribution in [2.24, 2.45) is 11.7 Å². The van der Waals surface area contributed by atoms with Gasteiger partial charge in [-0.3, -0.25) is 9.59 Å². The molecule has 1 aliphatic heterocycles. The summed E-state index contributed by atoms with van der Waals surface area (Å²) in [6.07, 6.45) is 4.21. The van der Waals surface area contributed by atoms with Crippen LogP contribution in [0.25, 0.3) is 0 Å². The Morgan fingerprint density at radius 1 is 1.36 bits per heavy atom. The molecule has 1 saturated heterocycles. The third-order valence-corrected chi connectivity index (χ3v) is 4.35. The van der Waals surface area contributed by atoms with Gasteiger partial charge >= 0.3 is 5.97 Å². The van der Waals surface area contributed by atoms with Crippen LogP contribution in [0.4, 0.5) is 0 Å². The zero-order valence-electron chi connectivity index (χ0n) is 14.2. The number of nitrogens with two attached hydrogens (primary N) is 1. The molecule has 1 heterocycles. The number of piperidine rings is 1. The average molecular weight is 313 g/mol. The molecule has 0 aliphatic carbocycles. The largest absolute Gasteiger partial charge is 0.469 e. The van der Waals surface area contributed by atoms with Gasteiger partial charge in [0.05, 0.1) is 18.6 Å². The Morgan fingerprint density at radius 3 is 2.55 bits per heavy atom. The van der Waals surface area contributed by atoms with Gasteiger partial charge < -0.3 is 20.7 Å². The molecule has 0 radical (unpaired) electrons. The molecule has 0 aromatic carbocycles. The normalized spacial score (nSPS) is 19.5. The maximum absolute atomic E-state index is 12.0. The molecule has 0 aromatic rings. The van der Waals surface area contributed by atoms with Crippen LogP contribution in [0.15, 0.2) is 0 Å². The van der Waals surface area contributed by atoms with E-state index in [1.807, 2.05) is 6.92 Å². The van der Waals surface area contributed by atoms with Crippen LogP contribution in [-0.4, -0.2) is 55.6 Å². The molecule has 1 fully saturated rings. The Balaban J connectivity index is 2.16. The molecular formula is C16H31N3O3. The van der Waals surface area contributed by atoms with E-state index < -0.39 is 5.54 Å². The smallest absolute Gasteiger partial charge is 0.308 e. The van der Waals surface area contributed by atoms with Crippen LogP contribution in [0.2, 0.25) is 0 Å². The second-order valence-corrected chi connectivity index (χ2v) is 6.42.